The molecule has 1 aromatic carbocycles. The van der Waals surface area contributed by atoms with Crippen LogP contribution in [-0.2, 0) is 16.1 Å². The number of rotatable bonds is 6. The Morgan fingerprint density at radius 1 is 1.20 bits per heavy atom. The number of thiophene rings is 1. The molecule has 0 saturated carbocycles. The maximum absolute atomic E-state index is 12.7. The van der Waals surface area contributed by atoms with Gasteiger partial charge in [0.05, 0.1) is 23.4 Å². The minimum Gasteiger partial charge on any atom is -0.466 e. The van der Waals surface area contributed by atoms with Gasteiger partial charge in [-0.05, 0) is 43.5 Å². The third kappa shape index (κ3) is 4.11. The van der Waals surface area contributed by atoms with Gasteiger partial charge in [0.1, 0.15) is 0 Å². The van der Waals surface area contributed by atoms with Crippen molar-refractivity contribution in [2.45, 2.75) is 25.8 Å². The van der Waals surface area contributed by atoms with Crippen molar-refractivity contribution in [3.05, 3.63) is 67.5 Å². The summed E-state index contributed by atoms with van der Waals surface area (Å²) < 4.78 is 6.58. The zero-order chi connectivity index (χ0) is 21.1. The highest BCUT2D eigenvalue weighted by molar-refractivity contribution is 7.10. The first kappa shape index (κ1) is 20.6. The van der Waals surface area contributed by atoms with Crippen LogP contribution in [0.5, 0.6) is 0 Å². The van der Waals surface area contributed by atoms with Crippen molar-refractivity contribution in [2.75, 3.05) is 26.2 Å². The van der Waals surface area contributed by atoms with E-state index in [0.29, 0.717) is 30.6 Å². The minimum atomic E-state index is -0.408. The summed E-state index contributed by atoms with van der Waals surface area (Å²) in [5.74, 6) is -0.280. The summed E-state index contributed by atoms with van der Waals surface area (Å²) in [6, 6.07) is 11.1. The van der Waals surface area contributed by atoms with Gasteiger partial charge in [-0.2, -0.15) is 0 Å². The van der Waals surface area contributed by atoms with Gasteiger partial charge in [0.15, 0.2) is 0 Å². The second-order valence-corrected chi connectivity index (χ2v) is 8.48. The van der Waals surface area contributed by atoms with Crippen LogP contribution in [0.1, 0.15) is 24.1 Å². The molecule has 30 heavy (non-hydrogen) atoms. The molecule has 7 nitrogen and oxygen atoms in total. The van der Waals surface area contributed by atoms with Crippen molar-refractivity contribution in [1.82, 2.24) is 14.5 Å². The second kappa shape index (κ2) is 8.97. The Morgan fingerprint density at radius 2 is 2.03 bits per heavy atom. The first-order chi connectivity index (χ1) is 14.6. The summed E-state index contributed by atoms with van der Waals surface area (Å²) in [7, 11) is 0. The fourth-order valence-corrected chi connectivity index (χ4v) is 5.13. The molecule has 1 fully saturated rings. The largest absolute Gasteiger partial charge is 0.466 e. The number of hydrogen-bond acceptors (Lipinski definition) is 6. The molecule has 0 aliphatic carbocycles. The van der Waals surface area contributed by atoms with Gasteiger partial charge in [-0.3, -0.25) is 14.2 Å². The zero-order valence-corrected chi connectivity index (χ0v) is 17.7. The summed E-state index contributed by atoms with van der Waals surface area (Å²) in [4.78, 5) is 43.9. The van der Waals surface area contributed by atoms with Crippen LogP contribution in [0.3, 0.4) is 0 Å². The summed E-state index contributed by atoms with van der Waals surface area (Å²) in [6.07, 6.45) is 0.840. The van der Waals surface area contributed by atoms with Crippen molar-refractivity contribution in [2.24, 2.45) is 5.92 Å². The molecule has 2 aromatic heterocycles. The molecule has 0 unspecified atom stereocenters. The van der Waals surface area contributed by atoms with E-state index in [1.165, 1.54) is 9.44 Å². The Labute approximate surface area is 177 Å². The summed E-state index contributed by atoms with van der Waals surface area (Å²) in [6.45, 7) is 4.33. The van der Waals surface area contributed by atoms with Crippen LogP contribution in [0.15, 0.2) is 51.4 Å². The van der Waals surface area contributed by atoms with Crippen LogP contribution in [0, 0.1) is 5.92 Å². The number of aromatic amines is 1. The van der Waals surface area contributed by atoms with Crippen LogP contribution >= 0.6 is 11.3 Å². The number of esters is 1. The lowest BCUT2D eigenvalue weighted by Gasteiger charge is -2.37. The van der Waals surface area contributed by atoms with E-state index in [1.807, 2.05) is 18.4 Å². The number of fused-ring (bicyclic) bond motifs is 1. The molecular weight excluding hydrogens is 402 g/mol. The van der Waals surface area contributed by atoms with E-state index < -0.39 is 5.69 Å². The number of carbonyl (C=O) groups is 1. The van der Waals surface area contributed by atoms with Gasteiger partial charge in [-0.25, -0.2) is 4.79 Å². The van der Waals surface area contributed by atoms with E-state index in [9.17, 15) is 14.4 Å². The first-order valence-corrected chi connectivity index (χ1v) is 11.1. The lowest BCUT2D eigenvalue weighted by molar-refractivity contribution is -0.150. The molecule has 1 saturated heterocycles. The highest BCUT2D eigenvalue weighted by Gasteiger charge is 2.36. The van der Waals surface area contributed by atoms with E-state index in [1.54, 1.807) is 35.6 Å². The van der Waals surface area contributed by atoms with Crippen LogP contribution in [0.2, 0.25) is 0 Å². The number of likely N-dealkylation sites (tertiary alicyclic amines) is 1. The number of ether oxygens (including phenoxy) is 1. The minimum absolute atomic E-state index is 0.145. The molecular formula is C22H25N3O4S. The first-order valence-electron chi connectivity index (χ1n) is 10.2. The number of carbonyl (C=O) groups excluding carboxylic acids is 1. The Balaban J connectivity index is 1.51. The number of piperidine rings is 1. The smallest absolute Gasteiger partial charge is 0.328 e. The predicted molar refractivity (Wildman–Crippen MR) is 117 cm³/mol. The van der Waals surface area contributed by atoms with Crippen LogP contribution < -0.4 is 11.2 Å². The quantitative estimate of drug-likeness (QED) is 0.611. The molecule has 0 radical (unpaired) electrons. The molecule has 1 aliphatic rings. The average molecular weight is 428 g/mol. The van der Waals surface area contributed by atoms with Gasteiger partial charge in [0, 0.05) is 30.4 Å². The monoisotopic (exact) mass is 427 g/mol. The molecule has 2 atom stereocenters. The summed E-state index contributed by atoms with van der Waals surface area (Å²) in [5, 5.41) is 2.53. The van der Waals surface area contributed by atoms with E-state index in [0.717, 1.165) is 13.0 Å². The van der Waals surface area contributed by atoms with Gasteiger partial charge in [0.25, 0.3) is 5.56 Å². The predicted octanol–water partition coefficient (Wildman–Crippen LogP) is 2.42. The van der Waals surface area contributed by atoms with Gasteiger partial charge >= 0.3 is 11.7 Å². The molecule has 1 N–H and O–H groups in total. The van der Waals surface area contributed by atoms with Crippen molar-refractivity contribution in [1.29, 1.82) is 0 Å². The number of hydrogen-bond donors (Lipinski definition) is 1. The van der Waals surface area contributed by atoms with E-state index in [4.69, 9.17) is 4.74 Å². The molecule has 3 heterocycles. The highest BCUT2D eigenvalue weighted by Crippen LogP contribution is 2.36. The fourth-order valence-electron chi connectivity index (χ4n) is 4.20. The second-order valence-electron chi connectivity index (χ2n) is 7.50. The number of nitrogens with zero attached hydrogens (tertiary/aromatic N) is 2. The van der Waals surface area contributed by atoms with Gasteiger partial charge < -0.3 is 14.6 Å². The van der Waals surface area contributed by atoms with Crippen molar-refractivity contribution in [3.8, 4) is 0 Å². The van der Waals surface area contributed by atoms with Crippen LogP contribution in [0.4, 0.5) is 0 Å². The lowest BCUT2D eigenvalue weighted by atomic mass is 9.84. The van der Waals surface area contributed by atoms with E-state index >= 15 is 0 Å². The van der Waals surface area contributed by atoms with E-state index in [-0.39, 0.29) is 29.9 Å². The van der Waals surface area contributed by atoms with Crippen molar-refractivity contribution < 1.29 is 9.53 Å². The van der Waals surface area contributed by atoms with Gasteiger partial charge in [0.2, 0.25) is 0 Å². The Kier molecular flexibility index (Phi) is 6.15. The maximum atomic E-state index is 12.7. The number of H-pyrrole nitrogens is 1. The summed E-state index contributed by atoms with van der Waals surface area (Å²) >= 11 is 1.67. The average Bonchev–Trinajstić information content (AvgIpc) is 3.28. The third-order valence-corrected chi connectivity index (χ3v) is 6.73. The molecule has 0 spiro atoms. The van der Waals surface area contributed by atoms with Crippen LogP contribution in [0.25, 0.3) is 10.9 Å². The lowest BCUT2D eigenvalue weighted by Crippen LogP contribution is -2.46. The molecule has 3 aromatic rings. The Hall–Kier alpha value is -2.71. The molecule has 1 aliphatic heterocycles. The number of para-hydroxylation sites is 1. The Bertz CT molecular complexity index is 1140. The normalized spacial score (nSPS) is 19.8. The molecule has 158 valence electrons. The Morgan fingerprint density at radius 3 is 2.80 bits per heavy atom. The standard InChI is InChI=1S/C22H25N3O4S/c1-2-29-21(27)17-14-24(10-9-15(17)19-8-5-13-30-19)11-12-25-20(26)16-6-3-4-7-18(16)23-22(25)28/h3-8,13,15,17H,2,9-12,14H2,1H3,(H,23,28)/t15-,17+/m1/s1. The number of aromatic nitrogens is 2. The molecule has 0 amide bonds. The van der Waals surface area contributed by atoms with Crippen molar-refractivity contribution >= 4 is 28.2 Å². The molecule has 8 heteroatoms. The van der Waals surface area contributed by atoms with Crippen molar-refractivity contribution in [3.63, 3.8) is 0 Å². The third-order valence-electron chi connectivity index (χ3n) is 5.72. The molecule has 0 bridgehead atoms. The maximum Gasteiger partial charge on any atom is 0.328 e. The fraction of sp³-hybridized carbons (Fsp3) is 0.409. The number of benzene rings is 1. The zero-order valence-electron chi connectivity index (χ0n) is 16.9. The van der Waals surface area contributed by atoms with Gasteiger partial charge in [-0.15, -0.1) is 11.3 Å². The van der Waals surface area contributed by atoms with Crippen LogP contribution in [-0.4, -0.2) is 46.7 Å². The van der Waals surface area contributed by atoms with E-state index in [2.05, 4.69) is 16.0 Å². The number of nitrogens with one attached hydrogen (secondary N) is 1. The topological polar surface area (TPSA) is 84.4 Å². The molecule has 4 rings (SSSR count). The highest BCUT2D eigenvalue weighted by atomic mass is 32.1. The summed E-state index contributed by atoms with van der Waals surface area (Å²) in [5.41, 5.74) is -0.151. The van der Waals surface area contributed by atoms with Gasteiger partial charge in [-0.1, -0.05) is 18.2 Å². The SMILES string of the molecule is CCOC(=O)[C@H]1CN(CCn2c(=O)[nH]c3ccccc3c2=O)CC[C@H]1c1cccs1.